The van der Waals surface area contributed by atoms with Crippen molar-refractivity contribution in [1.29, 1.82) is 0 Å². The number of hydrogen-bond donors (Lipinski definition) is 2. The van der Waals surface area contributed by atoms with Crippen LogP contribution in [0.2, 0.25) is 0 Å². The van der Waals surface area contributed by atoms with Gasteiger partial charge in [0.2, 0.25) is 0 Å². The number of carbonyl (C=O) groups is 1. The first-order valence-corrected chi connectivity index (χ1v) is 5.44. The standard InChI is InChI=1S/C14H14N2O2/c1-8(2)14(17)18-13-5-3-4-10-11(13)6-9(15)7-12(10)16/h3-7H,1,15-16H2,2H3. The molecule has 2 aromatic carbocycles. The summed E-state index contributed by atoms with van der Waals surface area (Å²) >= 11 is 0. The quantitative estimate of drug-likeness (QED) is 0.367. The van der Waals surface area contributed by atoms with Gasteiger partial charge in [-0.25, -0.2) is 4.79 Å². The van der Waals surface area contributed by atoms with Crippen molar-refractivity contribution in [1.82, 2.24) is 0 Å². The van der Waals surface area contributed by atoms with Crippen LogP contribution in [0.5, 0.6) is 5.75 Å². The van der Waals surface area contributed by atoms with Crippen molar-refractivity contribution in [2.45, 2.75) is 6.92 Å². The van der Waals surface area contributed by atoms with Crippen molar-refractivity contribution in [2.24, 2.45) is 0 Å². The van der Waals surface area contributed by atoms with Crippen LogP contribution in [0.4, 0.5) is 11.4 Å². The Bertz CT molecular complexity index is 648. The molecule has 0 aliphatic carbocycles. The number of carbonyl (C=O) groups excluding carboxylic acids is 1. The minimum atomic E-state index is -0.469. The molecule has 0 fully saturated rings. The van der Waals surface area contributed by atoms with Gasteiger partial charge in [0.25, 0.3) is 0 Å². The number of nitrogen functional groups attached to an aromatic ring is 2. The van der Waals surface area contributed by atoms with Crippen molar-refractivity contribution < 1.29 is 9.53 Å². The lowest BCUT2D eigenvalue weighted by atomic mass is 10.1. The van der Waals surface area contributed by atoms with Gasteiger partial charge in [-0.3, -0.25) is 0 Å². The second kappa shape index (κ2) is 4.41. The van der Waals surface area contributed by atoms with E-state index in [9.17, 15) is 4.79 Å². The van der Waals surface area contributed by atoms with E-state index >= 15 is 0 Å². The fraction of sp³-hybridized carbons (Fsp3) is 0.0714. The molecule has 0 spiro atoms. The molecule has 4 heteroatoms. The molecule has 0 amide bonds. The van der Waals surface area contributed by atoms with Crippen molar-refractivity contribution in [2.75, 3.05) is 11.5 Å². The number of benzene rings is 2. The third-order valence-corrected chi connectivity index (χ3v) is 2.56. The Morgan fingerprint density at radius 1 is 1.22 bits per heavy atom. The van der Waals surface area contributed by atoms with Gasteiger partial charge in [0.15, 0.2) is 0 Å². The first-order chi connectivity index (χ1) is 8.49. The van der Waals surface area contributed by atoms with E-state index in [1.54, 1.807) is 31.2 Å². The lowest BCUT2D eigenvalue weighted by molar-refractivity contribution is -0.129. The normalized spacial score (nSPS) is 10.3. The highest BCUT2D eigenvalue weighted by molar-refractivity contribution is 6.01. The Hall–Kier alpha value is -2.49. The van der Waals surface area contributed by atoms with E-state index in [2.05, 4.69) is 6.58 Å². The van der Waals surface area contributed by atoms with Crippen molar-refractivity contribution in [3.8, 4) is 5.75 Å². The minimum Gasteiger partial charge on any atom is -0.423 e. The molecular formula is C14H14N2O2. The SMILES string of the molecule is C=C(C)C(=O)Oc1cccc2c(N)cc(N)cc12. The molecule has 0 saturated heterocycles. The summed E-state index contributed by atoms with van der Waals surface area (Å²) in [5.74, 6) is -0.0389. The smallest absolute Gasteiger partial charge is 0.338 e. The topological polar surface area (TPSA) is 78.3 Å². The highest BCUT2D eigenvalue weighted by atomic mass is 16.5. The fourth-order valence-corrected chi connectivity index (χ4v) is 1.69. The monoisotopic (exact) mass is 242 g/mol. The van der Waals surface area contributed by atoms with E-state index < -0.39 is 5.97 Å². The predicted molar refractivity (Wildman–Crippen MR) is 73.2 cm³/mol. The highest BCUT2D eigenvalue weighted by Crippen LogP contribution is 2.32. The van der Waals surface area contributed by atoms with E-state index in [0.717, 1.165) is 5.39 Å². The van der Waals surface area contributed by atoms with E-state index in [1.165, 1.54) is 0 Å². The molecule has 0 aliphatic heterocycles. The maximum absolute atomic E-state index is 11.5. The molecule has 0 bridgehead atoms. The molecule has 92 valence electrons. The zero-order valence-corrected chi connectivity index (χ0v) is 10.1. The lowest BCUT2D eigenvalue weighted by Crippen LogP contribution is -2.08. The van der Waals surface area contributed by atoms with Crippen LogP contribution in [-0.2, 0) is 4.79 Å². The summed E-state index contributed by atoms with van der Waals surface area (Å²) in [6.07, 6.45) is 0. The first kappa shape index (κ1) is 12.0. The zero-order chi connectivity index (χ0) is 13.3. The van der Waals surface area contributed by atoms with E-state index in [0.29, 0.717) is 28.1 Å². The number of ether oxygens (including phenoxy) is 1. The fourth-order valence-electron chi connectivity index (χ4n) is 1.69. The molecular weight excluding hydrogens is 228 g/mol. The van der Waals surface area contributed by atoms with Gasteiger partial charge in [0.1, 0.15) is 5.75 Å². The molecule has 0 heterocycles. The van der Waals surface area contributed by atoms with Crippen molar-refractivity contribution >= 4 is 28.1 Å². The molecule has 2 aromatic rings. The molecule has 0 atom stereocenters. The molecule has 4 N–H and O–H groups in total. The number of anilines is 2. The summed E-state index contributed by atoms with van der Waals surface area (Å²) < 4.78 is 5.25. The Morgan fingerprint density at radius 3 is 2.61 bits per heavy atom. The van der Waals surface area contributed by atoms with Gasteiger partial charge in [-0.15, -0.1) is 0 Å². The molecule has 4 nitrogen and oxygen atoms in total. The number of fused-ring (bicyclic) bond motifs is 1. The maximum Gasteiger partial charge on any atom is 0.338 e. The van der Waals surface area contributed by atoms with Gasteiger partial charge in [-0.2, -0.15) is 0 Å². The molecule has 2 rings (SSSR count). The van der Waals surface area contributed by atoms with Crippen LogP contribution in [0.3, 0.4) is 0 Å². The maximum atomic E-state index is 11.5. The summed E-state index contributed by atoms with van der Waals surface area (Å²) in [6, 6.07) is 8.72. The van der Waals surface area contributed by atoms with E-state index in [-0.39, 0.29) is 0 Å². The Morgan fingerprint density at radius 2 is 1.94 bits per heavy atom. The molecule has 0 saturated carbocycles. The predicted octanol–water partition coefficient (Wildman–Crippen LogP) is 2.49. The average molecular weight is 242 g/mol. The molecule has 0 aromatic heterocycles. The molecule has 0 radical (unpaired) electrons. The molecule has 0 unspecified atom stereocenters. The average Bonchev–Trinajstić information content (AvgIpc) is 2.29. The summed E-state index contributed by atoms with van der Waals surface area (Å²) in [7, 11) is 0. The highest BCUT2D eigenvalue weighted by Gasteiger charge is 2.10. The van der Waals surface area contributed by atoms with Gasteiger partial charge in [-0.1, -0.05) is 18.7 Å². The number of rotatable bonds is 2. The Kier molecular flexibility index (Phi) is 2.93. The van der Waals surface area contributed by atoms with E-state index in [1.807, 2.05) is 6.07 Å². The summed E-state index contributed by atoms with van der Waals surface area (Å²) in [5, 5.41) is 1.51. The van der Waals surface area contributed by atoms with Crippen LogP contribution in [-0.4, -0.2) is 5.97 Å². The second-order valence-electron chi connectivity index (χ2n) is 4.13. The first-order valence-electron chi connectivity index (χ1n) is 5.44. The lowest BCUT2D eigenvalue weighted by Gasteiger charge is -2.10. The van der Waals surface area contributed by atoms with Crippen LogP contribution < -0.4 is 16.2 Å². The number of hydrogen-bond acceptors (Lipinski definition) is 4. The largest absolute Gasteiger partial charge is 0.423 e. The van der Waals surface area contributed by atoms with Crippen molar-refractivity contribution in [3.05, 3.63) is 42.5 Å². The van der Waals surface area contributed by atoms with Gasteiger partial charge in [0, 0.05) is 27.7 Å². The van der Waals surface area contributed by atoms with E-state index in [4.69, 9.17) is 16.2 Å². The molecule has 0 aliphatic rings. The van der Waals surface area contributed by atoms with Gasteiger partial charge in [-0.05, 0) is 25.1 Å². The van der Waals surface area contributed by atoms with Crippen molar-refractivity contribution in [3.63, 3.8) is 0 Å². The minimum absolute atomic E-state index is 0.337. The Labute approximate surface area is 105 Å². The van der Waals surface area contributed by atoms with Crippen LogP contribution in [0.1, 0.15) is 6.92 Å². The second-order valence-corrected chi connectivity index (χ2v) is 4.13. The summed E-state index contributed by atoms with van der Waals surface area (Å²) in [5.41, 5.74) is 13.0. The third-order valence-electron chi connectivity index (χ3n) is 2.56. The van der Waals surface area contributed by atoms with Crippen LogP contribution in [0, 0.1) is 0 Å². The summed E-state index contributed by atoms with van der Waals surface area (Å²) in [4.78, 5) is 11.5. The van der Waals surface area contributed by atoms with Crippen LogP contribution >= 0.6 is 0 Å². The number of esters is 1. The summed E-state index contributed by atoms with van der Waals surface area (Å²) in [6.45, 7) is 5.14. The van der Waals surface area contributed by atoms with Crippen LogP contribution in [0.15, 0.2) is 42.5 Å². The third kappa shape index (κ3) is 2.13. The molecule has 18 heavy (non-hydrogen) atoms. The van der Waals surface area contributed by atoms with Crippen LogP contribution in [0.25, 0.3) is 10.8 Å². The van der Waals surface area contributed by atoms with Gasteiger partial charge in [0.05, 0.1) is 0 Å². The van der Waals surface area contributed by atoms with Gasteiger partial charge < -0.3 is 16.2 Å². The number of nitrogens with two attached hydrogens (primary N) is 2. The Balaban J connectivity index is 2.58. The zero-order valence-electron chi connectivity index (χ0n) is 10.1. The van der Waals surface area contributed by atoms with Gasteiger partial charge >= 0.3 is 5.97 Å².